The number of nitrogens with zero attached hydrogens (tertiary/aromatic N) is 2. The van der Waals surface area contributed by atoms with E-state index in [9.17, 15) is 0 Å². The van der Waals surface area contributed by atoms with Gasteiger partial charge in [0, 0.05) is 23.7 Å². The SMILES string of the molecule is C=CCc1c(OCC)cc(Cc2cnc(N)nc2N)cc1OCC. The molecule has 0 aliphatic heterocycles. The van der Waals surface area contributed by atoms with Crippen LogP contribution in [0.15, 0.2) is 31.0 Å². The van der Waals surface area contributed by atoms with Crippen LogP contribution in [-0.2, 0) is 12.8 Å². The molecule has 2 rings (SSSR count). The lowest BCUT2D eigenvalue weighted by molar-refractivity contribution is 0.317. The Balaban J connectivity index is 2.43. The molecule has 0 aliphatic rings. The van der Waals surface area contributed by atoms with Crippen molar-refractivity contribution >= 4 is 11.8 Å². The quantitative estimate of drug-likeness (QED) is 0.723. The number of rotatable bonds is 8. The van der Waals surface area contributed by atoms with Gasteiger partial charge in [-0.05, 0) is 38.0 Å². The monoisotopic (exact) mass is 328 g/mol. The summed E-state index contributed by atoms with van der Waals surface area (Å²) in [6.45, 7) is 8.87. The number of hydrogen-bond acceptors (Lipinski definition) is 6. The number of hydrogen-bond donors (Lipinski definition) is 2. The molecule has 128 valence electrons. The Bertz CT molecular complexity index is 689. The van der Waals surface area contributed by atoms with Crippen LogP contribution in [0.1, 0.15) is 30.5 Å². The highest BCUT2D eigenvalue weighted by Gasteiger charge is 2.14. The van der Waals surface area contributed by atoms with Crippen molar-refractivity contribution < 1.29 is 9.47 Å². The number of aromatic nitrogens is 2. The van der Waals surface area contributed by atoms with Gasteiger partial charge < -0.3 is 20.9 Å². The van der Waals surface area contributed by atoms with Gasteiger partial charge in [-0.25, -0.2) is 4.98 Å². The summed E-state index contributed by atoms with van der Waals surface area (Å²) >= 11 is 0. The molecule has 0 bridgehead atoms. The molecule has 6 heteroatoms. The molecule has 1 aromatic carbocycles. The van der Waals surface area contributed by atoms with Crippen LogP contribution in [0, 0.1) is 0 Å². The number of benzene rings is 1. The Morgan fingerprint density at radius 1 is 1.12 bits per heavy atom. The molecule has 24 heavy (non-hydrogen) atoms. The molecule has 0 saturated heterocycles. The minimum absolute atomic E-state index is 0.169. The number of nitrogens with two attached hydrogens (primary N) is 2. The topological polar surface area (TPSA) is 96.3 Å². The van der Waals surface area contributed by atoms with Gasteiger partial charge in [-0.2, -0.15) is 4.98 Å². The molecule has 2 aromatic rings. The smallest absolute Gasteiger partial charge is 0.221 e. The summed E-state index contributed by atoms with van der Waals surface area (Å²) < 4.78 is 11.6. The van der Waals surface area contributed by atoms with Crippen molar-refractivity contribution in [2.45, 2.75) is 26.7 Å². The number of anilines is 2. The molecule has 1 aromatic heterocycles. The highest BCUT2D eigenvalue weighted by molar-refractivity contribution is 5.52. The minimum Gasteiger partial charge on any atom is -0.493 e. The first-order valence-electron chi connectivity index (χ1n) is 7.98. The van der Waals surface area contributed by atoms with Crippen LogP contribution in [0.3, 0.4) is 0 Å². The van der Waals surface area contributed by atoms with E-state index in [-0.39, 0.29) is 5.95 Å². The third-order valence-corrected chi connectivity index (χ3v) is 3.49. The molecule has 0 atom stereocenters. The van der Waals surface area contributed by atoms with Crippen LogP contribution in [0.4, 0.5) is 11.8 Å². The number of nitrogen functional groups attached to an aromatic ring is 2. The fourth-order valence-corrected chi connectivity index (χ4v) is 2.48. The van der Waals surface area contributed by atoms with E-state index in [2.05, 4.69) is 16.5 Å². The van der Waals surface area contributed by atoms with Crippen molar-refractivity contribution in [3.63, 3.8) is 0 Å². The van der Waals surface area contributed by atoms with Crippen LogP contribution < -0.4 is 20.9 Å². The first kappa shape index (κ1) is 17.6. The van der Waals surface area contributed by atoms with Gasteiger partial charge in [0.1, 0.15) is 17.3 Å². The van der Waals surface area contributed by atoms with E-state index < -0.39 is 0 Å². The second-order valence-electron chi connectivity index (χ2n) is 5.24. The lowest BCUT2D eigenvalue weighted by Gasteiger charge is -2.17. The molecular formula is C18H24N4O2. The summed E-state index contributed by atoms with van der Waals surface area (Å²) in [5.74, 6) is 2.15. The molecule has 1 heterocycles. The largest absolute Gasteiger partial charge is 0.493 e. The van der Waals surface area contributed by atoms with Gasteiger partial charge in [-0.1, -0.05) is 6.08 Å². The molecule has 0 saturated carbocycles. The fourth-order valence-electron chi connectivity index (χ4n) is 2.48. The maximum atomic E-state index is 5.93. The van der Waals surface area contributed by atoms with E-state index in [1.807, 2.05) is 32.1 Å². The predicted octanol–water partition coefficient (Wildman–Crippen LogP) is 2.76. The van der Waals surface area contributed by atoms with Gasteiger partial charge in [-0.15, -0.1) is 6.58 Å². The molecule has 0 spiro atoms. The normalized spacial score (nSPS) is 10.4. The van der Waals surface area contributed by atoms with Gasteiger partial charge in [0.15, 0.2) is 0 Å². The number of allylic oxidation sites excluding steroid dienone is 1. The molecule has 6 nitrogen and oxygen atoms in total. The van der Waals surface area contributed by atoms with Crippen molar-refractivity contribution in [3.05, 3.63) is 47.7 Å². The van der Waals surface area contributed by atoms with Crippen molar-refractivity contribution in [3.8, 4) is 11.5 Å². The van der Waals surface area contributed by atoms with Gasteiger partial charge in [0.05, 0.1) is 13.2 Å². The van der Waals surface area contributed by atoms with Crippen molar-refractivity contribution in [2.75, 3.05) is 24.7 Å². The molecule has 0 aliphatic carbocycles. The van der Waals surface area contributed by atoms with Crippen molar-refractivity contribution in [1.29, 1.82) is 0 Å². The maximum absolute atomic E-state index is 5.93. The Kier molecular flexibility index (Phi) is 6.01. The third kappa shape index (κ3) is 4.16. The van der Waals surface area contributed by atoms with Gasteiger partial charge in [0.2, 0.25) is 5.95 Å². The Morgan fingerprint density at radius 3 is 2.25 bits per heavy atom. The second kappa shape index (κ2) is 8.19. The third-order valence-electron chi connectivity index (χ3n) is 3.49. The Morgan fingerprint density at radius 2 is 1.75 bits per heavy atom. The summed E-state index contributed by atoms with van der Waals surface area (Å²) in [5, 5.41) is 0. The molecule has 0 unspecified atom stereocenters. The molecule has 4 N–H and O–H groups in total. The fraction of sp³-hybridized carbons (Fsp3) is 0.333. The zero-order valence-electron chi connectivity index (χ0n) is 14.2. The average Bonchev–Trinajstić information content (AvgIpc) is 2.54. The van der Waals surface area contributed by atoms with E-state index in [0.717, 1.165) is 28.2 Å². The zero-order chi connectivity index (χ0) is 17.5. The van der Waals surface area contributed by atoms with Crippen molar-refractivity contribution in [2.24, 2.45) is 0 Å². The highest BCUT2D eigenvalue weighted by Crippen LogP contribution is 2.33. The average molecular weight is 328 g/mol. The van der Waals surface area contributed by atoms with E-state index >= 15 is 0 Å². The lowest BCUT2D eigenvalue weighted by atomic mass is 10.0. The summed E-state index contributed by atoms with van der Waals surface area (Å²) in [4.78, 5) is 8.01. The summed E-state index contributed by atoms with van der Waals surface area (Å²) in [7, 11) is 0. The van der Waals surface area contributed by atoms with E-state index in [0.29, 0.717) is 31.9 Å². The minimum atomic E-state index is 0.169. The van der Waals surface area contributed by atoms with E-state index in [1.54, 1.807) is 6.20 Å². The lowest BCUT2D eigenvalue weighted by Crippen LogP contribution is -2.06. The summed E-state index contributed by atoms with van der Waals surface area (Å²) in [5.41, 5.74) is 14.3. The Hall–Kier alpha value is -2.76. The van der Waals surface area contributed by atoms with E-state index in [1.165, 1.54) is 0 Å². The molecule has 0 radical (unpaired) electrons. The van der Waals surface area contributed by atoms with Crippen LogP contribution in [0.25, 0.3) is 0 Å². The van der Waals surface area contributed by atoms with Gasteiger partial charge in [0.25, 0.3) is 0 Å². The standard InChI is InChI=1S/C18H24N4O2/c1-4-7-14-15(23-5-2)9-12(10-16(14)24-6-3)8-13-11-21-18(20)22-17(13)19/h4,9-11H,1,5-8H2,2-3H3,(H4,19,20,21,22). The first-order valence-corrected chi connectivity index (χ1v) is 7.98. The maximum Gasteiger partial charge on any atom is 0.221 e. The van der Waals surface area contributed by atoms with Crippen LogP contribution in [-0.4, -0.2) is 23.2 Å². The van der Waals surface area contributed by atoms with Crippen LogP contribution in [0.2, 0.25) is 0 Å². The first-order chi connectivity index (χ1) is 11.6. The van der Waals surface area contributed by atoms with E-state index in [4.69, 9.17) is 20.9 Å². The second-order valence-corrected chi connectivity index (χ2v) is 5.24. The van der Waals surface area contributed by atoms with Crippen molar-refractivity contribution in [1.82, 2.24) is 9.97 Å². The molecular weight excluding hydrogens is 304 g/mol. The van der Waals surface area contributed by atoms with Crippen LogP contribution in [0.5, 0.6) is 11.5 Å². The van der Waals surface area contributed by atoms with Gasteiger partial charge >= 0.3 is 0 Å². The molecule has 0 amide bonds. The summed E-state index contributed by atoms with van der Waals surface area (Å²) in [6, 6.07) is 4.00. The Labute approximate surface area is 142 Å². The number of ether oxygens (including phenoxy) is 2. The van der Waals surface area contributed by atoms with Gasteiger partial charge in [-0.3, -0.25) is 0 Å². The van der Waals surface area contributed by atoms with Crippen LogP contribution >= 0.6 is 0 Å². The summed E-state index contributed by atoms with van der Waals surface area (Å²) in [6.07, 6.45) is 4.74. The zero-order valence-corrected chi connectivity index (χ0v) is 14.2. The predicted molar refractivity (Wildman–Crippen MR) is 96.3 cm³/mol. The highest BCUT2D eigenvalue weighted by atomic mass is 16.5. The molecule has 0 fully saturated rings.